The second-order valence-corrected chi connectivity index (χ2v) is 10.4. The van der Waals surface area contributed by atoms with E-state index in [1.54, 1.807) is 43.4 Å². The summed E-state index contributed by atoms with van der Waals surface area (Å²) in [7, 11) is 3.31. The summed E-state index contributed by atoms with van der Waals surface area (Å²) in [6.07, 6.45) is 5.65. The highest BCUT2D eigenvalue weighted by Crippen LogP contribution is 2.46. The Hall–Kier alpha value is -2.83. The summed E-state index contributed by atoms with van der Waals surface area (Å²) in [6.45, 7) is 12.6. The monoisotopic (exact) mass is 558 g/mol. The van der Waals surface area contributed by atoms with Crippen LogP contribution in [-0.4, -0.2) is 39.8 Å². The summed E-state index contributed by atoms with van der Waals surface area (Å²) < 4.78 is 24.3. The predicted octanol–water partition coefficient (Wildman–Crippen LogP) is 8.04. The SMILES string of the molecule is CCNCCCC1(CC)CN(C(=O)c2ccccc2Cl)c2ccc(F)cc21.CO/C(C)=C(/CC=C(C)C)OC. The van der Waals surface area contributed by atoms with Gasteiger partial charge in [0.15, 0.2) is 0 Å². The number of rotatable bonds is 11. The van der Waals surface area contributed by atoms with Gasteiger partial charge in [0.2, 0.25) is 0 Å². The Bertz CT molecular complexity index is 1160. The minimum Gasteiger partial charge on any atom is -0.498 e. The van der Waals surface area contributed by atoms with E-state index in [9.17, 15) is 9.18 Å². The lowest BCUT2D eigenvalue weighted by molar-refractivity contribution is 0.0984. The molecular formula is C32H44ClFN2O3. The zero-order chi connectivity index (χ0) is 29.0. The van der Waals surface area contributed by atoms with E-state index in [0.29, 0.717) is 17.1 Å². The number of ether oxygens (including phenoxy) is 2. The van der Waals surface area contributed by atoms with Crippen LogP contribution in [0.2, 0.25) is 5.02 Å². The molecule has 1 aliphatic rings. The van der Waals surface area contributed by atoms with Gasteiger partial charge in [0.1, 0.15) is 17.3 Å². The molecule has 1 atom stereocenters. The van der Waals surface area contributed by atoms with Crippen molar-refractivity contribution < 1.29 is 18.7 Å². The Morgan fingerprint density at radius 1 is 1.13 bits per heavy atom. The third kappa shape index (κ3) is 8.58. The summed E-state index contributed by atoms with van der Waals surface area (Å²) in [6, 6.07) is 11.8. The fourth-order valence-corrected chi connectivity index (χ4v) is 5.02. The molecule has 1 amide bonds. The molecule has 0 fully saturated rings. The number of benzene rings is 2. The Kier molecular flexibility index (Phi) is 13.0. The first kappa shape index (κ1) is 32.4. The van der Waals surface area contributed by atoms with Crippen LogP contribution in [0.4, 0.5) is 10.1 Å². The molecule has 0 aliphatic carbocycles. The Balaban J connectivity index is 0.000000377. The van der Waals surface area contributed by atoms with Crippen molar-refractivity contribution in [3.05, 3.63) is 87.6 Å². The standard InChI is InChI=1S/C22H26ClFN2O.C10H18O2/c1-3-22(12-7-13-25-4-2)15-26(20-11-10-16(24)14-18(20)22)21(27)17-8-5-6-9-19(17)23;1-8(2)6-7-10(12-5)9(3)11-4/h5-6,8-11,14,25H,3-4,7,12-13,15H2,1-2H3;6H,7H2,1-5H3/b;10-9-. The Morgan fingerprint density at radius 3 is 2.44 bits per heavy atom. The number of hydrogen-bond donors (Lipinski definition) is 1. The number of allylic oxidation sites excluding steroid dienone is 3. The molecule has 5 nitrogen and oxygen atoms in total. The van der Waals surface area contributed by atoms with Gasteiger partial charge in [-0.05, 0) is 89.0 Å². The van der Waals surface area contributed by atoms with Crippen LogP contribution in [0.15, 0.2) is 65.6 Å². The van der Waals surface area contributed by atoms with E-state index < -0.39 is 0 Å². The Morgan fingerprint density at radius 2 is 1.85 bits per heavy atom. The van der Waals surface area contributed by atoms with Crippen LogP contribution in [0.25, 0.3) is 0 Å². The summed E-state index contributed by atoms with van der Waals surface area (Å²) >= 11 is 6.26. The molecule has 2 aromatic rings. The first-order chi connectivity index (χ1) is 18.6. The molecule has 0 aromatic heterocycles. The van der Waals surface area contributed by atoms with Gasteiger partial charge >= 0.3 is 0 Å². The Labute approximate surface area is 239 Å². The van der Waals surface area contributed by atoms with Gasteiger partial charge in [-0.25, -0.2) is 4.39 Å². The maximum atomic E-state index is 14.1. The van der Waals surface area contributed by atoms with Crippen molar-refractivity contribution in [3.8, 4) is 0 Å². The van der Waals surface area contributed by atoms with Crippen LogP contribution in [-0.2, 0) is 14.9 Å². The highest BCUT2D eigenvalue weighted by molar-refractivity contribution is 6.34. The molecule has 3 rings (SSSR count). The summed E-state index contributed by atoms with van der Waals surface area (Å²) in [4.78, 5) is 15.0. The van der Waals surface area contributed by atoms with Gasteiger partial charge in [-0.2, -0.15) is 0 Å². The summed E-state index contributed by atoms with van der Waals surface area (Å²) in [5, 5.41) is 3.78. The summed E-state index contributed by atoms with van der Waals surface area (Å²) in [5.41, 5.74) is 3.26. The van der Waals surface area contributed by atoms with E-state index in [0.717, 1.165) is 61.5 Å². The lowest BCUT2D eigenvalue weighted by Crippen LogP contribution is -2.37. The molecule has 0 radical (unpaired) electrons. The smallest absolute Gasteiger partial charge is 0.259 e. The van der Waals surface area contributed by atoms with E-state index in [4.69, 9.17) is 21.1 Å². The van der Waals surface area contributed by atoms with Gasteiger partial charge in [-0.3, -0.25) is 4.79 Å². The predicted molar refractivity (Wildman–Crippen MR) is 160 cm³/mol. The molecule has 214 valence electrons. The molecule has 7 heteroatoms. The van der Waals surface area contributed by atoms with E-state index in [1.165, 1.54) is 11.6 Å². The molecular weight excluding hydrogens is 515 g/mol. The number of anilines is 1. The van der Waals surface area contributed by atoms with Gasteiger partial charge in [0.25, 0.3) is 5.91 Å². The molecule has 1 heterocycles. The van der Waals surface area contributed by atoms with E-state index in [2.05, 4.69) is 39.1 Å². The van der Waals surface area contributed by atoms with Crippen LogP contribution in [0.5, 0.6) is 0 Å². The van der Waals surface area contributed by atoms with E-state index in [-0.39, 0.29) is 17.1 Å². The van der Waals surface area contributed by atoms with Crippen molar-refractivity contribution in [2.45, 2.75) is 65.7 Å². The average molecular weight is 559 g/mol. The topological polar surface area (TPSA) is 50.8 Å². The highest BCUT2D eigenvalue weighted by atomic mass is 35.5. The molecule has 39 heavy (non-hydrogen) atoms. The minimum absolute atomic E-state index is 0.129. The van der Waals surface area contributed by atoms with Crippen molar-refractivity contribution in [2.24, 2.45) is 0 Å². The van der Waals surface area contributed by atoms with Crippen LogP contribution in [0.1, 0.15) is 76.2 Å². The quantitative estimate of drug-likeness (QED) is 0.172. The largest absolute Gasteiger partial charge is 0.498 e. The number of methoxy groups -OCH3 is 2. The fraction of sp³-hybridized carbons (Fsp3) is 0.469. The number of hydrogen-bond acceptors (Lipinski definition) is 4. The van der Waals surface area contributed by atoms with Crippen molar-refractivity contribution >= 4 is 23.2 Å². The molecule has 1 unspecified atom stereocenters. The van der Waals surface area contributed by atoms with Crippen molar-refractivity contribution in [2.75, 3.05) is 38.8 Å². The first-order valence-corrected chi connectivity index (χ1v) is 14.0. The van der Waals surface area contributed by atoms with Gasteiger partial charge in [-0.1, -0.05) is 49.2 Å². The lowest BCUT2D eigenvalue weighted by atomic mass is 9.76. The van der Waals surface area contributed by atoms with Gasteiger partial charge in [-0.15, -0.1) is 0 Å². The van der Waals surface area contributed by atoms with Crippen molar-refractivity contribution in [1.29, 1.82) is 0 Å². The molecule has 1 aliphatic heterocycles. The van der Waals surface area contributed by atoms with Crippen molar-refractivity contribution in [3.63, 3.8) is 0 Å². The number of carbonyl (C=O) groups is 1. The maximum absolute atomic E-state index is 14.1. The number of halogens is 2. The lowest BCUT2D eigenvalue weighted by Gasteiger charge is -2.29. The molecule has 2 aromatic carbocycles. The van der Waals surface area contributed by atoms with Crippen LogP contribution in [0, 0.1) is 5.82 Å². The van der Waals surface area contributed by atoms with Gasteiger partial charge in [0.05, 0.1) is 24.8 Å². The van der Waals surface area contributed by atoms with Gasteiger partial charge < -0.3 is 19.7 Å². The third-order valence-electron chi connectivity index (χ3n) is 7.21. The molecule has 0 saturated carbocycles. The van der Waals surface area contributed by atoms with Crippen LogP contribution >= 0.6 is 11.6 Å². The first-order valence-electron chi connectivity index (χ1n) is 13.6. The number of carbonyl (C=O) groups excluding carboxylic acids is 1. The molecule has 1 N–H and O–H groups in total. The number of amides is 1. The van der Waals surface area contributed by atoms with Crippen LogP contribution in [0.3, 0.4) is 0 Å². The van der Waals surface area contributed by atoms with Crippen molar-refractivity contribution in [1.82, 2.24) is 5.32 Å². The second-order valence-electron chi connectivity index (χ2n) is 10.00. The van der Waals surface area contributed by atoms with Gasteiger partial charge in [0, 0.05) is 24.1 Å². The number of nitrogens with zero attached hydrogens (tertiary/aromatic N) is 1. The van der Waals surface area contributed by atoms with E-state index >= 15 is 0 Å². The second kappa shape index (κ2) is 15.7. The fourth-order valence-electron chi connectivity index (χ4n) is 4.81. The molecule has 0 bridgehead atoms. The maximum Gasteiger partial charge on any atom is 0.259 e. The molecule has 0 spiro atoms. The average Bonchev–Trinajstić information content (AvgIpc) is 3.25. The zero-order valence-electron chi connectivity index (χ0n) is 24.5. The zero-order valence-corrected chi connectivity index (χ0v) is 25.3. The van der Waals surface area contributed by atoms with E-state index in [1.807, 2.05) is 19.1 Å². The van der Waals surface area contributed by atoms with Crippen LogP contribution < -0.4 is 10.2 Å². The third-order valence-corrected chi connectivity index (χ3v) is 7.54. The number of nitrogens with one attached hydrogen (secondary N) is 1. The highest BCUT2D eigenvalue weighted by Gasteiger charge is 2.43. The normalized spacial score (nSPS) is 16.5. The summed E-state index contributed by atoms with van der Waals surface area (Å²) in [5.74, 6) is 1.34. The molecule has 0 saturated heterocycles. The minimum atomic E-state index is -0.259. The number of fused-ring (bicyclic) bond motifs is 1.